The zero-order valence-electron chi connectivity index (χ0n) is 16.2. The van der Waals surface area contributed by atoms with E-state index in [0.717, 1.165) is 29.5 Å². The van der Waals surface area contributed by atoms with Gasteiger partial charge in [-0.1, -0.05) is 18.2 Å². The van der Waals surface area contributed by atoms with Crippen LogP contribution in [-0.2, 0) is 0 Å². The SMILES string of the molecule is Cc1ccc(C(=O)N2CCC(Nc3cccc4cncc(C)c34)CC2)cc1F. The molecule has 1 saturated heterocycles. The fourth-order valence-electron chi connectivity index (χ4n) is 3.89. The number of benzene rings is 2. The van der Waals surface area contributed by atoms with Gasteiger partial charge in [-0.2, -0.15) is 0 Å². The van der Waals surface area contributed by atoms with E-state index in [1.165, 1.54) is 11.5 Å². The summed E-state index contributed by atoms with van der Waals surface area (Å²) in [6.07, 6.45) is 5.49. The van der Waals surface area contributed by atoms with Crippen molar-refractivity contribution in [1.82, 2.24) is 9.88 Å². The summed E-state index contributed by atoms with van der Waals surface area (Å²) in [7, 11) is 0. The van der Waals surface area contributed by atoms with Gasteiger partial charge in [0.15, 0.2) is 0 Å². The third-order valence-corrected chi connectivity index (χ3v) is 5.53. The first-order chi connectivity index (χ1) is 13.5. The van der Waals surface area contributed by atoms with Crippen LogP contribution >= 0.6 is 0 Å². The number of likely N-dealkylation sites (tertiary alicyclic amines) is 1. The molecular formula is C23H24FN3O. The van der Waals surface area contributed by atoms with Crippen LogP contribution in [0.1, 0.15) is 34.3 Å². The van der Waals surface area contributed by atoms with Crippen LogP contribution in [0.3, 0.4) is 0 Å². The molecule has 1 aliphatic heterocycles. The summed E-state index contributed by atoms with van der Waals surface area (Å²) in [5.41, 5.74) is 3.24. The number of fused-ring (bicyclic) bond motifs is 1. The van der Waals surface area contributed by atoms with E-state index in [1.807, 2.05) is 23.4 Å². The average Bonchev–Trinajstić information content (AvgIpc) is 2.70. The number of hydrogen-bond acceptors (Lipinski definition) is 3. The largest absolute Gasteiger partial charge is 0.382 e. The molecule has 3 aromatic rings. The molecule has 0 aliphatic carbocycles. The number of hydrogen-bond donors (Lipinski definition) is 1. The molecule has 4 nitrogen and oxygen atoms in total. The molecule has 0 saturated carbocycles. The smallest absolute Gasteiger partial charge is 0.253 e. The van der Waals surface area contributed by atoms with Crippen molar-refractivity contribution in [2.75, 3.05) is 18.4 Å². The van der Waals surface area contributed by atoms with Gasteiger partial charge in [0, 0.05) is 53.5 Å². The summed E-state index contributed by atoms with van der Waals surface area (Å²) in [6.45, 7) is 5.10. The monoisotopic (exact) mass is 377 g/mol. The first kappa shape index (κ1) is 18.4. The molecule has 2 aromatic carbocycles. The lowest BCUT2D eigenvalue weighted by molar-refractivity contribution is 0.0718. The van der Waals surface area contributed by atoms with Crippen molar-refractivity contribution in [2.45, 2.75) is 32.7 Å². The molecule has 0 radical (unpaired) electrons. The Morgan fingerprint density at radius 2 is 1.89 bits per heavy atom. The highest BCUT2D eigenvalue weighted by Gasteiger charge is 2.24. The van der Waals surface area contributed by atoms with Crippen LogP contribution in [0.15, 0.2) is 48.8 Å². The van der Waals surface area contributed by atoms with Crippen molar-refractivity contribution in [3.05, 3.63) is 71.3 Å². The van der Waals surface area contributed by atoms with Crippen molar-refractivity contribution in [1.29, 1.82) is 0 Å². The minimum Gasteiger partial charge on any atom is -0.382 e. The molecule has 2 heterocycles. The lowest BCUT2D eigenvalue weighted by Gasteiger charge is -2.33. The van der Waals surface area contributed by atoms with Gasteiger partial charge >= 0.3 is 0 Å². The Bertz CT molecular complexity index is 1020. The van der Waals surface area contributed by atoms with Gasteiger partial charge in [-0.05, 0) is 56.0 Å². The maximum Gasteiger partial charge on any atom is 0.253 e. The number of amides is 1. The molecule has 1 aliphatic rings. The van der Waals surface area contributed by atoms with Gasteiger partial charge < -0.3 is 10.2 Å². The third-order valence-electron chi connectivity index (χ3n) is 5.53. The lowest BCUT2D eigenvalue weighted by Crippen LogP contribution is -2.42. The molecule has 0 atom stereocenters. The molecule has 1 amide bonds. The first-order valence-electron chi connectivity index (χ1n) is 9.68. The number of aromatic nitrogens is 1. The van der Waals surface area contributed by atoms with Gasteiger partial charge in [0.2, 0.25) is 0 Å². The van der Waals surface area contributed by atoms with E-state index in [9.17, 15) is 9.18 Å². The number of nitrogens with one attached hydrogen (secondary N) is 1. The second kappa shape index (κ2) is 7.58. The van der Waals surface area contributed by atoms with E-state index in [2.05, 4.69) is 29.4 Å². The Morgan fingerprint density at radius 3 is 2.64 bits per heavy atom. The van der Waals surface area contributed by atoms with Crippen LogP contribution in [0.25, 0.3) is 10.8 Å². The van der Waals surface area contributed by atoms with E-state index < -0.39 is 0 Å². The predicted molar refractivity (Wildman–Crippen MR) is 110 cm³/mol. The van der Waals surface area contributed by atoms with Gasteiger partial charge in [-0.15, -0.1) is 0 Å². The Kier molecular flexibility index (Phi) is 4.99. The molecule has 1 fully saturated rings. The Hall–Kier alpha value is -2.95. The fourth-order valence-corrected chi connectivity index (χ4v) is 3.89. The number of pyridine rings is 1. The van der Waals surface area contributed by atoms with Gasteiger partial charge in [0.05, 0.1) is 0 Å². The Labute approximate surface area is 164 Å². The minimum atomic E-state index is -0.330. The fraction of sp³-hybridized carbons (Fsp3) is 0.304. The molecule has 4 rings (SSSR count). The molecule has 28 heavy (non-hydrogen) atoms. The van der Waals surface area contributed by atoms with Gasteiger partial charge in [-0.3, -0.25) is 9.78 Å². The predicted octanol–water partition coefficient (Wildman–Crippen LogP) is 4.71. The summed E-state index contributed by atoms with van der Waals surface area (Å²) in [6, 6.07) is 11.2. The normalized spacial score (nSPS) is 15.0. The standard InChI is InChI=1S/C23H24FN3O/c1-15-6-7-17(12-20(15)24)23(28)27-10-8-19(9-11-27)26-21-5-3-4-18-14-25-13-16(2)22(18)21/h3-7,12-14,19,26H,8-11H2,1-2H3. The quantitative estimate of drug-likeness (QED) is 0.719. The number of halogens is 1. The van der Waals surface area contributed by atoms with Gasteiger partial charge in [0.1, 0.15) is 5.82 Å². The summed E-state index contributed by atoms with van der Waals surface area (Å²) in [4.78, 5) is 18.8. The highest BCUT2D eigenvalue weighted by atomic mass is 19.1. The molecule has 1 aromatic heterocycles. The molecule has 0 spiro atoms. The van der Waals surface area contributed by atoms with Crippen LogP contribution in [-0.4, -0.2) is 34.9 Å². The van der Waals surface area contributed by atoms with Crippen molar-refractivity contribution >= 4 is 22.4 Å². The number of rotatable bonds is 3. The number of carbonyl (C=O) groups excluding carboxylic acids is 1. The number of piperidine rings is 1. The molecule has 5 heteroatoms. The topological polar surface area (TPSA) is 45.2 Å². The molecular weight excluding hydrogens is 353 g/mol. The molecule has 0 bridgehead atoms. The van der Waals surface area contributed by atoms with Gasteiger partial charge in [-0.25, -0.2) is 4.39 Å². The Balaban J connectivity index is 1.44. The second-order valence-electron chi connectivity index (χ2n) is 7.53. The lowest BCUT2D eigenvalue weighted by atomic mass is 10.0. The van der Waals surface area contributed by atoms with Crippen molar-refractivity contribution in [2.24, 2.45) is 0 Å². The zero-order valence-corrected chi connectivity index (χ0v) is 16.2. The van der Waals surface area contributed by atoms with E-state index in [0.29, 0.717) is 30.3 Å². The van der Waals surface area contributed by atoms with Crippen LogP contribution in [0.5, 0.6) is 0 Å². The maximum absolute atomic E-state index is 13.8. The third kappa shape index (κ3) is 3.57. The van der Waals surface area contributed by atoms with E-state index in [1.54, 1.807) is 19.1 Å². The number of anilines is 1. The number of aryl methyl sites for hydroxylation is 2. The minimum absolute atomic E-state index is 0.0931. The van der Waals surface area contributed by atoms with Crippen molar-refractivity contribution in [3.63, 3.8) is 0 Å². The van der Waals surface area contributed by atoms with Crippen LogP contribution in [0.4, 0.5) is 10.1 Å². The van der Waals surface area contributed by atoms with Gasteiger partial charge in [0.25, 0.3) is 5.91 Å². The van der Waals surface area contributed by atoms with Crippen LogP contribution in [0.2, 0.25) is 0 Å². The highest BCUT2D eigenvalue weighted by molar-refractivity contribution is 5.96. The average molecular weight is 377 g/mol. The van der Waals surface area contributed by atoms with E-state index in [-0.39, 0.29) is 11.7 Å². The Morgan fingerprint density at radius 1 is 1.11 bits per heavy atom. The maximum atomic E-state index is 13.8. The number of carbonyl (C=O) groups is 1. The summed E-state index contributed by atoms with van der Waals surface area (Å²) >= 11 is 0. The van der Waals surface area contributed by atoms with E-state index >= 15 is 0 Å². The van der Waals surface area contributed by atoms with Crippen LogP contribution in [0, 0.1) is 19.7 Å². The number of nitrogens with zero attached hydrogens (tertiary/aromatic N) is 2. The zero-order chi connectivity index (χ0) is 19.7. The first-order valence-corrected chi connectivity index (χ1v) is 9.68. The molecule has 0 unspecified atom stereocenters. The molecule has 1 N–H and O–H groups in total. The van der Waals surface area contributed by atoms with Crippen LogP contribution < -0.4 is 5.32 Å². The summed E-state index contributed by atoms with van der Waals surface area (Å²) in [5, 5.41) is 5.98. The second-order valence-corrected chi connectivity index (χ2v) is 7.53. The summed E-state index contributed by atoms with van der Waals surface area (Å²) in [5.74, 6) is -0.423. The molecule has 144 valence electrons. The summed E-state index contributed by atoms with van der Waals surface area (Å²) < 4.78 is 13.8. The van der Waals surface area contributed by atoms with Crippen molar-refractivity contribution < 1.29 is 9.18 Å². The highest BCUT2D eigenvalue weighted by Crippen LogP contribution is 2.28. The van der Waals surface area contributed by atoms with E-state index in [4.69, 9.17) is 0 Å². The van der Waals surface area contributed by atoms with Crippen molar-refractivity contribution in [3.8, 4) is 0 Å².